The quantitative estimate of drug-likeness (QED) is 0.722. The van der Waals surface area contributed by atoms with Gasteiger partial charge >= 0.3 is 0 Å². The zero-order valence-corrected chi connectivity index (χ0v) is 9.46. The number of benzene rings is 1. The van der Waals surface area contributed by atoms with Crippen molar-refractivity contribution in [1.82, 2.24) is 0 Å². The predicted octanol–water partition coefficient (Wildman–Crippen LogP) is 3.03. The highest BCUT2D eigenvalue weighted by molar-refractivity contribution is 9.09. The van der Waals surface area contributed by atoms with Crippen LogP contribution in [0.25, 0.3) is 0 Å². The molecule has 1 atom stereocenters. The molecular weight excluding hydrogens is 228 g/mol. The fourth-order valence-electron chi connectivity index (χ4n) is 1.27. The molecule has 0 saturated carbocycles. The Labute approximate surface area is 88.2 Å². The van der Waals surface area contributed by atoms with Crippen molar-refractivity contribution in [1.29, 1.82) is 0 Å². The van der Waals surface area contributed by atoms with Gasteiger partial charge in [-0.05, 0) is 18.9 Å². The van der Waals surface area contributed by atoms with Crippen molar-refractivity contribution in [3.63, 3.8) is 0 Å². The maximum absolute atomic E-state index is 5.55. The molecule has 1 unspecified atom stereocenters. The summed E-state index contributed by atoms with van der Waals surface area (Å²) in [4.78, 5) is 0. The van der Waals surface area contributed by atoms with Crippen LogP contribution in [0.15, 0.2) is 30.3 Å². The smallest absolute Gasteiger partial charge is 0.0711 e. The van der Waals surface area contributed by atoms with Crippen LogP contribution in [0.1, 0.15) is 12.5 Å². The molecule has 1 rings (SSSR count). The summed E-state index contributed by atoms with van der Waals surface area (Å²) in [6, 6.07) is 10.4. The fraction of sp³-hybridized carbons (Fsp3) is 0.455. The van der Waals surface area contributed by atoms with Crippen LogP contribution in [-0.2, 0) is 11.2 Å². The van der Waals surface area contributed by atoms with Crippen molar-refractivity contribution >= 4 is 15.9 Å². The van der Waals surface area contributed by atoms with E-state index in [0.717, 1.165) is 18.4 Å². The summed E-state index contributed by atoms with van der Waals surface area (Å²) in [5, 5.41) is 0.899. The molecule has 0 radical (unpaired) electrons. The molecule has 0 spiro atoms. The molecule has 0 aliphatic carbocycles. The lowest BCUT2D eigenvalue weighted by molar-refractivity contribution is 0.0810. The Hall–Kier alpha value is -0.340. The highest BCUT2D eigenvalue weighted by Gasteiger charge is 2.06. The van der Waals surface area contributed by atoms with Gasteiger partial charge in [0.25, 0.3) is 0 Å². The standard InChI is InChI=1S/C11H15BrO/c1-2-13-11(9-12)8-10-6-4-3-5-7-10/h3-7,11H,2,8-9H2,1H3. The number of hydrogen-bond acceptors (Lipinski definition) is 1. The van der Waals surface area contributed by atoms with Crippen molar-refractivity contribution in [3.05, 3.63) is 35.9 Å². The molecule has 1 nitrogen and oxygen atoms in total. The van der Waals surface area contributed by atoms with Gasteiger partial charge in [0.1, 0.15) is 0 Å². The molecule has 1 aromatic carbocycles. The van der Waals surface area contributed by atoms with Gasteiger partial charge in [-0.1, -0.05) is 46.3 Å². The molecule has 0 aliphatic rings. The lowest BCUT2D eigenvalue weighted by Crippen LogP contribution is -2.17. The zero-order chi connectivity index (χ0) is 9.52. The van der Waals surface area contributed by atoms with Gasteiger partial charge in [0.2, 0.25) is 0 Å². The first kappa shape index (κ1) is 10.7. The molecule has 0 fully saturated rings. The molecule has 0 N–H and O–H groups in total. The Balaban J connectivity index is 2.46. The van der Waals surface area contributed by atoms with E-state index in [0.29, 0.717) is 6.10 Å². The molecular formula is C11H15BrO. The maximum atomic E-state index is 5.55. The van der Waals surface area contributed by atoms with E-state index in [1.165, 1.54) is 5.56 Å². The Kier molecular flexibility index (Phi) is 5.09. The van der Waals surface area contributed by atoms with E-state index in [-0.39, 0.29) is 0 Å². The molecule has 2 heteroatoms. The Morgan fingerprint density at radius 3 is 2.54 bits per heavy atom. The van der Waals surface area contributed by atoms with Gasteiger partial charge in [0.15, 0.2) is 0 Å². The van der Waals surface area contributed by atoms with Gasteiger partial charge in [-0.15, -0.1) is 0 Å². The maximum Gasteiger partial charge on any atom is 0.0711 e. The number of hydrogen-bond donors (Lipinski definition) is 0. The number of ether oxygens (including phenoxy) is 1. The third kappa shape index (κ3) is 3.92. The van der Waals surface area contributed by atoms with Crippen molar-refractivity contribution in [3.8, 4) is 0 Å². The van der Waals surface area contributed by atoms with Gasteiger partial charge < -0.3 is 4.74 Å². The third-order valence-corrected chi connectivity index (χ3v) is 2.60. The zero-order valence-electron chi connectivity index (χ0n) is 7.87. The second-order valence-corrected chi connectivity index (χ2v) is 3.57. The van der Waals surface area contributed by atoms with Crippen LogP contribution in [0.5, 0.6) is 0 Å². The first-order chi connectivity index (χ1) is 6.36. The van der Waals surface area contributed by atoms with Crippen molar-refractivity contribution in [2.45, 2.75) is 19.4 Å². The monoisotopic (exact) mass is 242 g/mol. The van der Waals surface area contributed by atoms with E-state index >= 15 is 0 Å². The second-order valence-electron chi connectivity index (χ2n) is 2.92. The first-order valence-corrected chi connectivity index (χ1v) is 5.70. The molecule has 0 aromatic heterocycles. The first-order valence-electron chi connectivity index (χ1n) is 4.58. The van der Waals surface area contributed by atoms with E-state index in [4.69, 9.17) is 4.74 Å². The lowest BCUT2D eigenvalue weighted by Gasteiger charge is -2.13. The number of alkyl halides is 1. The van der Waals surface area contributed by atoms with Crippen LogP contribution in [0.3, 0.4) is 0 Å². The molecule has 0 saturated heterocycles. The summed E-state index contributed by atoms with van der Waals surface area (Å²) in [6.07, 6.45) is 1.28. The van der Waals surface area contributed by atoms with Crippen molar-refractivity contribution in [2.75, 3.05) is 11.9 Å². The highest BCUT2D eigenvalue weighted by Crippen LogP contribution is 2.07. The summed E-state index contributed by atoms with van der Waals surface area (Å²) in [6.45, 7) is 2.81. The average Bonchev–Trinajstić information content (AvgIpc) is 2.19. The van der Waals surface area contributed by atoms with Crippen LogP contribution < -0.4 is 0 Å². The van der Waals surface area contributed by atoms with Crippen LogP contribution in [-0.4, -0.2) is 18.0 Å². The van der Waals surface area contributed by atoms with Crippen molar-refractivity contribution < 1.29 is 4.74 Å². The van der Waals surface area contributed by atoms with E-state index in [1.807, 2.05) is 13.0 Å². The predicted molar refractivity (Wildman–Crippen MR) is 59.4 cm³/mol. The SMILES string of the molecule is CCOC(CBr)Cc1ccccc1. The van der Waals surface area contributed by atoms with Crippen LogP contribution in [0.4, 0.5) is 0 Å². The number of rotatable bonds is 5. The largest absolute Gasteiger partial charge is 0.377 e. The van der Waals surface area contributed by atoms with E-state index in [2.05, 4.69) is 40.2 Å². The number of halogens is 1. The minimum Gasteiger partial charge on any atom is -0.377 e. The Bertz CT molecular complexity index is 223. The summed E-state index contributed by atoms with van der Waals surface area (Å²) < 4.78 is 5.55. The minimum atomic E-state index is 0.299. The lowest BCUT2D eigenvalue weighted by atomic mass is 10.1. The summed E-state index contributed by atoms with van der Waals surface area (Å²) >= 11 is 3.45. The average molecular weight is 243 g/mol. The van der Waals surface area contributed by atoms with E-state index in [1.54, 1.807) is 0 Å². The fourth-order valence-corrected chi connectivity index (χ4v) is 1.69. The molecule has 0 amide bonds. The van der Waals surface area contributed by atoms with Crippen LogP contribution in [0, 0.1) is 0 Å². The second kappa shape index (κ2) is 6.17. The summed E-state index contributed by atoms with van der Waals surface area (Å²) in [5.74, 6) is 0. The van der Waals surface area contributed by atoms with Crippen LogP contribution in [0.2, 0.25) is 0 Å². The van der Waals surface area contributed by atoms with Gasteiger partial charge in [0.05, 0.1) is 6.10 Å². The molecule has 1 aromatic rings. The normalized spacial score (nSPS) is 12.8. The Morgan fingerprint density at radius 2 is 2.00 bits per heavy atom. The van der Waals surface area contributed by atoms with E-state index < -0.39 is 0 Å². The van der Waals surface area contributed by atoms with Gasteiger partial charge in [0, 0.05) is 11.9 Å². The van der Waals surface area contributed by atoms with Gasteiger partial charge in [-0.25, -0.2) is 0 Å². The van der Waals surface area contributed by atoms with Crippen molar-refractivity contribution in [2.24, 2.45) is 0 Å². The molecule has 0 heterocycles. The minimum absolute atomic E-state index is 0.299. The van der Waals surface area contributed by atoms with E-state index in [9.17, 15) is 0 Å². The van der Waals surface area contributed by atoms with Gasteiger partial charge in [-0.3, -0.25) is 0 Å². The third-order valence-electron chi connectivity index (χ3n) is 1.88. The Morgan fingerprint density at radius 1 is 1.31 bits per heavy atom. The summed E-state index contributed by atoms with van der Waals surface area (Å²) in [5.41, 5.74) is 1.33. The van der Waals surface area contributed by atoms with Crippen LogP contribution >= 0.6 is 15.9 Å². The summed E-state index contributed by atoms with van der Waals surface area (Å²) in [7, 11) is 0. The van der Waals surface area contributed by atoms with Gasteiger partial charge in [-0.2, -0.15) is 0 Å². The molecule has 13 heavy (non-hydrogen) atoms. The molecule has 0 bridgehead atoms. The molecule has 72 valence electrons. The highest BCUT2D eigenvalue weighted by atomic mass is 79.9. The molecule has 0 aliphatic heterocycles. The topological polar surface area (TPSA) is 9.23 Å².